The fourth-order valence-corrected chi connectivity index (χ4v) is 2.25. The average molecular weight is 331 g/mol. The van der Waals surface area contributed by atoms with Gasteiger partial charge in [-0.25, -0.2) is 0 Å². The molecule has 5 nitrogen and oxygen atoms in total. The minimum absolute atomic E-state index is 0.103. The van der Waals surface area contributed by atoms with E-state index in [1.165, 1.54) is 0 Å². The lowest BCUT2D eigenvalue weighted by Gasteiger charge is -2.16. The number of nitrogens with zero attached hydrogens (tertiary/aromatic N) is 2. The number of hydrogen-bond acceptors (Lipinski definition) is 4. The van der Waals surface area contributed by atoms with Crippen LogP contribution in [-0.4, -0.2) is 35.1 Å². The van der Waals surface area contributed by atoms with E-state index in [0.717, 1.165) is 31.4 Å². The van der Waals surface area contributed by atoms with Gasteiger partial charge in [0.25, 0.3) is 5.69 Å². The van der Waals surface area contributed by atoms with E-state index in [2.05, 4.69) is 20.8 Å². The van der Waals surface area contributed by atoms with Crippen LogP contribution in [0.15, 0.2) is 22.7 Å². The summed E-state index contributed by atoms with van der Waals surface area (Å²) in [5, 5.41) is 19.5. The van der Waals surface area contributed by atoms with Gasteiger partial charge >= 0.3 is 0 Å². The minimum Gasteiger partial charge on any atom is -0.396 e. The van der Waals surface area contributed by atoms with Gasteiger partial charge in [-0.15, -0.1) is 0 Å². The molecule has 106 valence electrons. The zero-order chi connectivity index (χ0) is 14.3. The van der Waals surface area contributed by atoms with Crippen molar-refractivity contribution in [2.45, 2.75) is 25.8 Å². The van der Waals surface area contributed by atoms with Gasteiger partial charge in [-0.05, 0) is 60.4 Å². The summed E-state index contributed by atoms with van der Waals surface area (Å²) in [4.78, 5) is 12.6. The van der Waals surface area contributed by atoms with E-state index in [9.17, 15) is 10.1 Å². The first-order valence-electron chi connectivity index (χ1n) is 6.27. The van der Waals surface area contributed by atoms with E-state index in [4.69, 9.17) is 5.11 Å². The predicted octanol–water partition coefficient (Wildman–Crippen LogP) is 2.95. The van der Waals surface area contributed by atoms with Crippen molar-refractivity contribution in [1.29, 1.82) is 0 Å². The second-order valence-corrected chi connectivity index (χ2v) is 5.42. The fourth-order valence-electron chi connectivity index (χ4n) is 1.86. The van der Waals surface area contributed by atoms with E-state index >= 15 is 0 Å². The average Bonchev–Trinajstić information content (AvgIpc) is 2.36. The summed E-state index contributed by atoms with van der Waals surface area (Å²) in [6, 6.07) is 5.21. The lowest BCUT2D eigenvalue weighted by Crippen LogP contribution is -2.19. The summed E-state index contributed by atoms with van der Waals surface area (Å²) in [6.45, 7) is 1.85. The van der Waals surface area contributed by atoms with E-state index in [-0.39, 0.29) is 17.2 Å². The Morgan fingerprint density at radius 3 is 2.74 bits per heavy atom. The van der Waals surface area contributed by atoms with Crippen molar-refractivity contribution < 1.29 is 10.0 Å². The molecule has 0 bridgehead atoms. The Balaban J connectivity index is 2.52. The molecule has 0 aliphatic carbocycles. The quantitative estimate of drug-likeness (QED) is 0.452. The van der Waals surface area contributed by atoms with E-state index in [0.29, 0.717) is 11.0 Å². The molecule has 1 aromatic carbocycles. The molecule has 0 saturated heterocycles. The minimum atomic E-state index is -0.380. The van der Waals surface area contributed by atoms with Gasteiger partial charge in [0, 0.05) is 19.2 Å². The number of unbranched alkanes of at least 4 members (excludes halogenated alkanes) is 2. The van der Waals surface area contributed by atoms with E-state index in [1.807, 2.05) is 13.1 Å². The molecule has 1 rings (SSSR count). The molecule has 0 unspecified atom stereocenters. The molecule has 0 aromatic heterocycles. The molecular formula is C13H19BrN2O3. The second kappa shape index (κ2) is 8.24. The van der Waals surface area contributed by atoms with Gasteiger partial charge < -0.3 is 10.0 Å². The Kier molecular flexibility index (Phi) is 6.97. The number of benzene rings is 1. The molecule has 1 N–H and O–H groups in total. The van der Waals surface area contributed by atoms with Crippen LogP contribution in [0.1, 0.15) is 24.8 Å². The first-order valence-corrected chi connectivity index (χ1v) is 7.06. The summed E-state index contributed by atoms with van der Waals surface area (Å²) in [6.07, 6.45) is 2.86. The first-order chi connectivity index (χ1) is 9.04. The molecule has 0 aliphatic heterocycles. The van der Waals surface area contributed by atoms with Crippen LogP contribution in [0, 0.1) is 10.1 Å². The van der Waals surface area contributed by atoms with Crippen molar-refractivity contribution in [3.8, 4) is 0 Å². The molecule has 19 heavy (non-hydrogen) atoms. The Bertz CT molecular complexity index is 426. The van der Waals surface area contributed by atoms with Crippen LogP contribution in [0.2, 0.25) is 0 Å². The van der Waals surface area contributed by atoms with Crippen molar-refractivity contribution in [1.82, 2.24) is 4.90 Å². The number of rotatable bonds is 8. The molecule has 0 amide bonds. The summed E-state index contributed by atoms with van der Waals surface area (Å²) < 4.78 is 0.506. The Morgan fingerprint density at radius 1 is 1.37 bits per heavy atom. The smallest absolute Gasteiger partial charge is 0.283 e. The highest BCUT2D eigenvalue weighted by Crippen LogP contribution is 2.26. The van der Waals surface area contributed by atoms with Crippen LogP contribution in [0.4, 0.5) is 5.69 Å². The summed E-state index contributed by atoms with van der Waals surface area (Å²) in [5.41, 5.74) is 1.03. The van der Waals surface area contributed by atoms with Crippen LogP contribution in [0.25, 0.3) is 0 Å². The van der Waals surface area contributed by atoms with Crippen molar-refractivity contribution in [3.05, 3.63) is 38.3 Å². The van der Waals surface area contributed by atoms with Crippen LogP contribution in [-0.2, 0) is 6.54 Å². The fraction of sp³-hybridized carbons (Fsp3) is 0.538. The number of hydrogen-bond donors (Lipinski definition) is 1. The molecule has 0 fully saturated rings. The Labute approximate surface area is 121 Å². The van der Waals surface area contributed by atoms with Crippen molar-refractivity contribution in [3.63, 3.8) is 0 Å². The standard InChI is InChI=1S/C13H19BrN2O3/c1-15(7-3-2-4-8-17)10-11-5-6-12(14)13(9-11)16(18)19/h5-6,9,17H,2-4,7-8,10H2,1H3. The maximum absolute atomic E-state index is 10.8. The number of aliphatic hydroxyl groups excluding tert-OH is 1. The van der Waals surface area contributed by atoms with Crippen LogP contribution >= 0.6 is 15.9 Å². The molecule has 0 aliphatic rings. The molecule has 0 radical (unpaired) electrons. The maximum atomic E-state index is 10.8. The monoisotopic (exact) mass is 330 g/mol. The Hall–Kier alpha value is -0.980. The second-order valence-electron chi connectivity index (χ2n) is 4.56. The third kappa shape index (κ3) is 5.67. The normalized spacial score (nSPS) is 10.9. The topological polar surface area (TPSA) is 66.6 Å². The number of nitro groups is 1. The molecule has 0 saturated carbocycles. The van der Waals surface area contributed by atoms with Crippen molar-refractivity contribution in [2.24, 2.45) is 0 Å². The zero-order valence-electron chi connectivity index (χ0n) is 11.0. The zero-order valence-corrected chi connectivity index (χ0v) is 12.6. The third-order valence-corrected chi connectivity index (χ3v) is 3.53. The number of nitro benzene ring substituents is 1. The predicted molar refractivity (Wildman–Crippen MR) is 78.1 cm³/mol. The van der Waals surface area contributed by atoms with Crippen molar-refractivity contribution in [2.75, 3.05) is 20.2 Å². The lowest BCUT2D eigenvalue weighted by molar-refractivity contribution is -0.385. The molecule has 0 heterocycles. The maximum Gasteiger partial charge on any atom is 0.283 e. The van der Waals surface area contributed by atoms with Crippen LogP contribution in [0.5, 0.6) is 0 Å². The number of halogens is 1. The largest absolute Gasteiger partial charge is 0.396 e. The van der Waals surface area contributed by atoms with Crippen molar-refractivity contribution >= 4 is 21.6 Å². The number of aliphatic hydroxyl groups is 1. The van der Waals surface area contributed by atoms with Crippen LogP contribution < -0.4 is 0 Å². The molecule has 0 atom stereocenters. The van der Waals surface area contributed by atoms with E-state index in [1.54, 1.807) is 12.1 Å². The van der Waals surface area contributed by atoms with Crippen LogP contribution in [0.3, 0.4) is 0 Å². The summed E-state index contributed by atoms with van der Waals surface area (Å²) in [5.74, 6) is 0. The van der Waals surface area contributed by atoms with Gasteiger partial charge in [0.05, 0.1) is 9.40 Å². The van der Waals surface area contributed by atoms with Gasteiger partial charge in [0.1, 0.15) is 0 Å². The highest BCUT2D eigenvalue weighted by molar-refractivity contribution is 9.10. The third-order valence-electron chi connectivity index (χ3n) is 2.86. The molecular weight excluding hydrogens is 312 g/mol. The molecule has 0 spiro atoms. The summed E-state index contributed by atoms with van der Waals surface area (Å²) in [7, 11) is 1.99. The van der Waals surface area contributed by atoms with Gasteiger partial charge in [-0.1, -0.05) is 6.07 Å². The van der Waals surface area contributed by atoms with Gasteiger partial charge in [-0.2, -0.15) is 0 Å². The molecule has 1 aromatic rings. The first kappa shape index (κ1) is 16.1. The molecule has 6 heteroatoms. The highest BCUT2D eigenvalue weighted by atomic mass is 79.9. The van der Waals surface area contributed by atoms with Gasteiger partial charge in [-0.3, -0.25) is 10.1 Å². The SMILES string of the molecule is CN(CCCCCO)Cc1ccc(Br)c([N+](=O)[O-])c1. The van der Waals surface area contributed by atoms with Gasteiger partial charge in [0.2, 0.25) is 0 Å². The lowest BCUT2D eigenvalue weighted by atomic mass is 10.2. The van der Waals surface area contributed by atoms with Gasteiger partial charge in [0.15, 0.2) is 0 Å². The summed E-state index contributed by atoms with van der Waals surface area (Å²) >= 11 is 3.18. The highest BCUT2D eigenvalue weighted by Gasteiger charge is 2.12. The Morgan fingerprint density at radius 2 is 2.11 bits per heavy atom. The van der Waals surface area contributed by atoms with E-state index < -0.39 is 0 Å².